The lowest BCUT2D eigenvalue weighted by atomic mass is 10.0. The van der Waals surface area contributed by atoms with Crippen LogP contribution in [0.4, 0.5) is 0 Å². The minimum atomic E-state index is -3.40. The number of hydrogen-bond acceptors (Lipinski definition) is 8. The molecule has 0 fully saturated rings. The summed E-state index contributed by atoms with van der Waals surface area (Å²) in [5.41, 5.74) is 2.33. The van der Waals surface area contributed by atoms with E-state index >= 15 is 0 Å². The Morgan fingerprint density at radius 3 is 2.97 bits per heavy atom. The van der Waals surface area contributed by atoms with Crippen molar-refractivity contribution in [1.82, 2.24) is 14.8 Å². The van der Waals surface area contributed by atoms with Gasteiger partial charge in [0.2, 0.25) is 0 Å². The Kier molecular flexibility index (Phi) is 4.90. The van der Waals surface area contributed by atoms with Crippen LogP contribution in [0.2, 0.25) is 0 Å². The van der Waals surface area contributed by atoms with Crippen LogP contribution in [0.3, 0.4) is 0 Å². The van der Waals surface area contributed by atoms with E-state index in [1.54, 1.807) is 36.3 Å². The van der Waals surface area contributed by atoms with Crippen LogP contribution in [-0.4, -0.2) is 47.3 Å². The van der Waals surface area contributed by atoms with Crippen LogP contribution in [0, 0.1) is 11.3 Å². The molecule has 0 bridgehead atoms. The number of fused-ring (bicyclic) bond motifs is 1. The van der Waals surface area contributed by atoms with E-state index in [1.165, 1.54) is 12.5 Å². The Morgan fingerprint density at radius 2 is 2.17 bits per heavy atom. The van der Waals surface area contributed by atoms with Crippen molar-refractivity contribution in [2.75, 3.05) is 5.75 Å². The fraction of sp³-hybridized carbons (Fsp3) is 0.263. The van der Waals surface area contributed by atoms with Gasteiger partial charge in [-0.1, -0.05) is 6.92 Å². The van der Waals surface area contributed by atoms with Gasteiger partial charge in [0.25, 0.3) is 0 Å². The Hall–Kier alpha value is -3.45. The van der Waals surface area contributed by atoms with E-state index in [9.17, 15) is 13.7 Å². The van der Waals surface area contributed by atoms with Gasteiger partial charge in [0, 0.05) is 35.9 Å². The monoisotopic (exact) mass is 407 g/mol. The van der Waals surface area contributed by atoms with Gasteiger partial charge in [0.1, 0.15) is 12.4 Å². The second kappa shape index (κ2) is 7.52. The highest BCUT2D eigenvalue weighted by molar-refractivity contribution is 7.91. The van der Waals surface area contributed by atoms with E-state index in [0.29, 0.717) is 11.4 Å². The number of rotatable bonds is 6. The summed E-state index contributed by atoms with van der Waals surface area (Å²) in [6.07, 6.45) is 11.5. The zero-order valence-corrected chi connectivity index (χ0v) is 16.4. The first-order valence-corrected chi connectivity index (χ1v) is 10.6. The minimum Gasteiger partial charge on any atom is -0.264 e. The summed E-state index contributed by atoms with van der Waals surface area (Å²) in [6, 6.07) is 2.96. The first kappa shape index (κ1) is 18.9. The van der Waals surface area contributed by atoms with Gasteiger partial charge in [-0.15, -0.1) is 0 Å². The lowest BCUT2D eigenvalue weighted by Crippen LogP contribution is -2.13. The number of nitrogens with zero attached hydrogens (tertiary/aromatic N) is 7. The summed E-state index contributed by atoms with van der Waals surface area (Å²) in [7, 11) is -3.40. The second-order valence-electron chi connectivity index (χ2n) is 6.51. The molecule has 0 saturated heterocycles. The van der Waals surface area contributed by atoms with Crippen LogP contribution < -0.4 is 0 Å². The van der Waals surface area contributed by atoms with Crippen LogP contribution in [0.15, 0.2) is 62.4 Å². The van der Waals surface area contributed by atoms with Gasteiger partial charge in [-0.3, -0.25) is 14.7 Å². The third-order valence-electron chi connectivity index (χ3n) is 4.80. The molecule has 10 heteroatoms. The number of pyridine rings is 1. The van der Waals surface area contributed by atoms with Crippen LogP contribution in [0.5, 0.6) is 0 Å². The summed E-state index contributed by atoms with van der Waals surface area (Å²) in [5.74, 6) is 0.612. The molecule has 2 unspecified atom stereocenters. The Bertz CT molecular complexity index is 1220. The predicted octanol–water partition coefficient (Wildman–Crippen LogP) is 2.07. The molecular weight excluding hydrogens is 390 g/mol. The molecule has 146 valence electrons. The van der Waals surface area contributed by atoms with Gasteiger partial charge in [-0.25, -0.2) is 18.4 Å². The molecule has 0 aromatic carbocycles. The highest BCUT2D eigenvalue weighted by atomic mass is 32.2. The maximum Gasteiger partial charge on any atom is 0.179 e. The van der Waals surface area contributed by atoms with E-state index in [-0.39, 0.29) is 23.1 Å². The molecule has 0 amide bonds. The number of hydrogen-bond donors (Lipinski definition) is 0. The average molecular weight is 407 g/mol. The third-order valence-corrected chi connectivity index (χ3v) is 6.50. The lowest BCUT2D eigenvalue weighted by Gasteiger charge is -2.17. The summed E-state index contributed by atoms with van der Waals surface area (Å²) in [4.78, 5) is 17.0. The maximum atomic E-state index is 12.2. The molecule has 2 atom stereocenters. The molecule has 0 aliphatic carbocycles. The predicted molar refractivity (Wildman–Crippen MR) is 108 cm³/mol. The third kappa shape index (κ3) is 3.52. The van der Waals surface area contributed by atoms with E-state index in [0.717, 1.165) is 11.1 Å². The topological polar surface area (TPSA) is 126 Å². The highest BCUT2D eigenvalue weighted by Crippen LogP contribution is 2.32. The standard InChI is InChI=1S/C19H17N7O2S/c1-2-29(27,28)15-7-13(8-21-10-15)17(3-5-20)26-11-14(9-25-26)18-16-4-6-22-19(16)24-12-23-18/h4,6-12,17-18H,2-3H2,1H3. The lowest BCUT2D eigenvalue weighted by molar-refractivity contribution is 0.528. The van der Waals surface area contributed by atoms with Crippen molar-refractivity contribution >= 4 is 28.2 Å². The molecule has 0 radical (unpaired) electrons. The molecule has 2 aliphatic rings. The average Bonchev–Trinajstić information content (AvgIpc) is 3.41. The van der Waals surface area contributed by atoms with Gasteiger partial charge >= 0.3 is 0 Å². The zero-order valence-electron chi connectivity index (χ0n) is 15.5. The smallest absolute Gasteiger partial charge is 0.179 e. The Labute approximate surface area is 167 Å². The van der Waals surface area contributed by atoms with Crippen molar-refractivity contribution in [3.8, 4) is 6.07 Å². The molecule has 0 spiro atoms. The van der Waals surface area contributed by atoms with Crippen molar-refractivity contribution in [3.63, 3.8) is 0 Å². The van der Waals surface area contributed by atoms with Crippen molar-refractivity contribution in [3.05, 3.63) is 53.6 Å². The zero-order chi connectivity index (χ0) is 20.4. The Morgan fingerprint density at radius 1 is 1.31 bits per heavy atom. The summed E-state index contributed by atoms with van der Waals surface area (Å²) in [5, 5.41) is 13.7. The number of aliphatic imine (C=N–C) groups is 3. The van der Waals surface area contributed by atoms with E-state index in [4.69, 9.17) is 0 Å². The van der Waals surface area contributed by atoms with E-state index < -0.39 is 15.9 Å². The maximum absolute atomic E-state index is 12.2. The highest BCUT2D eigenvalue weighted by Gasteiger charge is 2.27. The molecule has 2 aromatic heterocycles. The van der Waals surface area contributed by atoms with Crippen LogP contribution in [0.25, 0.3) is 0 Å². The molecule has 29 heavy (non-hydrogen) atoms. The molecule has 0 saturated carbocycles. The number of sulfone groups is 1. The minimum absolute atomic E-state index is 0.0201. The number of nitriles is 1. The van der Waals surface area contributed by atoms with Crippen LogP contribution >= 0.6 is 0 Å². The fourth-order valence-corrected chi connectivity index (χ4v) is 4.10. The SMILES string of the molecule is CCS(=O)(=O)c1cncc(C(CC#N)n2cc(C3N=CN=C4N=CC=C43)cn2)c1. The quantitative estimate of drug-likeness (QED) is 0.724. The molecule has 0 N–H and O–H groups in total. The first-order chi connectivity index (χ1) is 14.0. The van der Waals surface area contributed by atoms with Gasteiger partial charge in [-0.2, -0.15) is 10.4 Å². The van der Waals surface area contributed by atoms with Gasteiger partial charge < -0.3 is 0 Å². The summed E-state index contributed by atoms with van der Waals surface area (Å²) < 4.78 is 26.1. The van der Waals surface area contributed by atoms with Crippen molar-refractivity contribution in [2.45, 2.75) is 30.3 Å². The number of amidine groups is 1. The van der Waals surface area contributed by atoms with Gasteiger partial charge in [0.05, 0.1) is 35.4 Å². The van der Waals surface area contributed by atoms with E-state index in [2.05, 4.69) is 31.1 Å². The summed E-state index contributed by atoms with van der Waals surface area (Å²) >= 11 is 0. The van der Waals surface area contributed by atoms with Gasteiger partial charge in [0.15, 0.2) is 15.7 Å². The molecule has 2 aromatic rings. The molecule has 4 heterocycles. The fourth-order valence-electron chi connectivity index (χ4n) is 3.23. The van der Waals surface area contributed by atoms with Crippen molar-refractivity contribution in [2.24, 2.45) is 15.0 Å². The Balaban J connectivity index is 1.68. The second-order valence-corrected chi connectivity index (χ2v) is 8.79. The summed E-state index contributed by atoms with van der Waals surface area (Å²) in [6.45, 7) is 1.58. The van der Waals surface area contributed by atoms with E-state index in [1.807, 2.05) is 12.3 Å². The normalized spacial score (nSPS) is 18.7. The van der Waals surface area contributed by atoms with Crippen molar-refractivity contribution in [1.29, 1.82) is 5.26 Å². The van der Waals surface area contributed by atoms with Gasteiger partial charge in [-0.05, 0) is 17.7 Å². The first-order valence-electron chi connectivity index (χ1n) is 8.96. The van der Waals surface area contributed by atoms with Crippen molar-refractivity contribution < 1.29 is 8.42 Å². The molecular formula is C19H17N7O2S. The number of allylic oxidation sites excluding steroid dienone is 1. The molecule has 9 nitrogen and oxygen atoms in total. The largest absolute Gasteiger partial charge is 0.264 e. The van der Waals surface area contributed by atoms with Crippen LogP contribution in [-0.2, 0) is 9.84 Å². The van der Waals surface area contributed by atoms with Crippen LogP contribution in [0.1, 0.15) is 36.6 Å². The molecule has 4 rings (SSSR count). The molecule has 2 aliphatic heterocycles. The number of aromatic nitrogens is 3.